The van der Waals surface area contributed by atoms with E-state index in [1.54, 1.807) is 18.2 Å². The number of nitrogens with one attached hydrogen (secondary N) is 1. The lowest BCUT2D eigenvalue weighted by molar-refractivity contribution is 0.101. The topological polar surface area (TPSA) is 64.1 Å². The molecule has 0 spiro atoms. The number of rotatable bonds is 5. The number of aryl methyl sites for hydroxylation is 2. The van der Waals surface area contributed by atoms with E-state index < -0.39 is 0 Å². The van der Waals surface area contributed by atoms with Crippen molar-refractivity contribution in [2.24, 2.45) is 0 Å². The molecule has 5 nitrogen and oxygen atoms in total. The molecule has 1 amide bonds. The first kappa shape index (κ1) is 19.1. The van der Waals surface area contributed by atoms with Gasteiger partial charge in [0.25, 0.3) is 5.91 Å². The van der Waals surface area contributed by atoms with Crippen LogP contribution < -0.4 is 10.1 Å². The summed E-state index contributed by atoms with van der Waals surface area (Å²) in [6.07, 6.45) is 0.807. The zero-order valence-electron chi connectivity index (χ0n) is 15.9. The fraction of sp³-hybridized carbons (Fsp3) is 0.286. The molecule has 0 aliphatic carbocycles. The van der Waals surface area contributed by atoms with Gasteiger partial charge in [-0.3, -0.25) is 4.79 Å². The number of benzene rings is 2. The van der Waals surface area contributed by atoms with Gasteiger partial charge in [0.2, 0.25) is 5.88 Å². The molecule has 0 aliphatic heterocycles. The number of carbonyl (C=O) groups is 1. The van der Waals surface area contributed by atoms with E-state index in [-0.39, 0.29) is 17.5 Å². The van der Waals surface area contributed by atoms with Gasteiger partial charge in [-0.2, -0.15) is 0 Å². The van der Waals surface area contributed by atoms with Crippen LogP contribution in [0.5, 0.6) is 5.88 Å². The van der Waals surface area contributed by atoms with Crippen LogP contribution in [-0.4, -0.2) is 22.5 Å². The highest BCUT2D eigenvalue weighted by Crippen LogP contribution is 2.26. The molecule has 0 unspecified atom stereocenters. The van der Waals surface area contributed by atoms with Gasteiger partial charge in [0.05, 0.1) is 17.6 Å². The first-order chi connectivity index (χ1) is 12.9. The average Bonchev–Trinajstić information content (AvgIpc) is 2.64. The van der Waals surface area contributed by atoms with Crippen molar-refractivity contribution in [2.75, 3.05) is 11.9 Å². The Balaban J connectivity index is 2.05. The minimum absolute atomic E-state index is 0.165. The Morgan fingerprint density at radius 1 is 1.11 bits per heavy atom. The summed E-state index contributed by atoms with van der Waals surface area (Å²) in [6, 6.07) is 9.26. The summed E-state index contributed by atoms with van der Waals surface area (Å²) in [5.41, 5.74) is 5.17. The second kappa shape index (κ2) is 7.92. The molecule has 0 aliphatic rings. The van der Waals surface area contributed by atoms with E-state index in [0.717, 1.165) is 23.1 Å². The molecule has 2 aromatic carbocycles. The van der Waals surface area contributed by atoms with E-state index >= 15 is 0 Å². The zero-order valence-corrected chi connectivity index (χ0v) is 16.6. The molecule has 0 radical (unpaired) electrons. The molecule has 0 atom stereocenters. The minimum atomic E-state index is -0.376. The number of anilines is 1. The fourth-order valence-electron chi connectivity index (χ4n) is 2.67. The third-order valence-corrected chi connectivity index (χ3v) is 4.83. The Labute approximate surface area is 163 Å². The number of fused-ring (bicyclic) bond motifs is 1. The molecule has 6 heteroatoms. The van der Waals surface area contributed by atoms with Gasteiger partial charge >= 0.3 is 0 Å². The van der Waals surface area contributed by atoms with E-state index in [2.05, 4.69) is 15.3 Å². The zero-order chi connectivity index (χ0) is 19.6. The minimum Gasteiger partial charge on any atom is -0.476 e. The van der Waals surface area contributed by atoms with Gasteiger partial charge in [0, 0.05) is 10.7 Å². The Bertz CT molecular complexity index is 1020. The van der Waals surface area contributed by atoms with Gasteiger partial charge in [-0.05, 0) is 68.1 Å². The van der Waals surface area contributed by atoms with Crippen molar-refractivity contribution in [1.82, 2.24) is 9.97 Å². The smallest absolute Gasteiger partial charge is 0.279 e. The fourth-order valence-corrected chi connectivity index (χ4v) is 2.84. The van der Waals surface area contributed by atoms with Crippen molar-refractivity contribution in [1.29, 1.82) is 0 Å². The second-order valence-corrected chi connectivity index (χ2v) is 6.92. The van der Waals surface area contributed by atoms with Crippen molar-refractivity contribution in [3.05, 3.63) is 57.7 Å². The summed E-state index contributed by atoms with van der Waals surface area (Å²) in [6.45, 7) is 8.34. The number of carbonyl (C=O) groups excluding carboxylic acids is 1. The average molecular weight is 384 g/mol. The van der Waals surface area contributed by atoms with Gasteiger partial charge in [-0.1, -0.05) is 24.6 Å². The van der Waals surface area contributed by atoms with Crippen LogP contribution in [0.4, 0.5) is 5.69 Å². The molecule has 140 valence electrons. The summed E-state index contributed by atoms with van der Waals surface area (Å²) in [4.78, 5) is 22.0. The first-order valence-corrected chi connectivity index (χ1v) is 9.26. The van der Waals surface area contributed by atoms with Crippen LogP contribution in [0.3, 0.4) is 0 Å². The molecular weight excluding hydrogens is 362 g/mol. The number of halogens is 1. The maximum Gasteiger partial charge on any atom is 0.279 e. The van der Waals surface area contributed by atoms with Crippen LogP contribution >= 0.6 is 11.6 Å². The van der Waals surface area contributed by atoms with Crippen LogP contribution in [0.15, 0.2) is 30.3 Å². The number of ether oxygens (including phenoxy) is 1. The van der Waals surface area contributed by atoms with E-state index in [4.69, 9.17) is 16.3 Å². The summed E-state index contributed by atoms with van der Waals surface area (Å²) < 4.78 is 5.72. The Morgan fingerprint density at radius 3 is 2.44 bits per heavy atom. The lowest BCUT2D eigenvalue weighted by Crippen LogP contribution is -2.17. The van der Waals surface area contributed by atoms with Gasteiger partial charge in [0.1, 0.15) is 0 Å². The second-order valence-electron chi connectivity index (χ2n) is 6.52. The van der Waals surface area contributed by atoms with Gasteiger partial charge < -0.3 is 10.1 Å². The third kappa shape index (κ3) is 4.03. The van der Waals surface area contributed by atoms with E-state index in [0.29, 0.717) is 28.4 Å². The molecule has 0 bridgehead atoms. The number of aromatic nitrogens is 2. The molecule has 3 rings (SSSR count). The van der Waals surface area contributed by atoms with Crippen LogP contribution in [-0.2, 0) is 0 Å². The quantitative estimate of drug-likeness (QED) is 0.653. The van der Waals surface area contributed by atoms with Crippen molar-refractivity contribution < 1.29 is 9.53 Å². The van der Waals surface area contributed by atoms with Crippen molar-refractivity contribution in [3.8, 4) is 5.88 Å². The number of amides is 1. The number of nitrogens with zero attached hydrogens (tertiary/aromatic N) is 2. The molecule has 0 fully saturated rings. The van der Waals surface area contributed by atoms with E-state index in [1.807, 2.05) is 39.8 Å². The van der Waals surface area contributed by atoms with Crippen LogP contribution in [0.25, 0.3) is 11.0 Å². The predicted octanol–water partition coefficient (Wildman–Crippen LogP) is 5.25. The van der Waals surface area contributed by atoms with Crippen LogP contribution in [0.1, 0.15) is 40.5 Å². The van der Waals surface area contributed by atoms with Crippen molar-refractivity contribution in [3.63, 3.8) is 0 Å². The standard InChI is InChI=1S/C21H22ClN3O2/c1-5-9-27-21-19(20(26)24-16-8-6-7-15(22)14(16)4)23-17-10-12(2)13(3)11-18(17)25-21/h6-8,10-11H,5,9H2,1-4H3,(H,24,26). The lowest BCUT2D eigenvalue weighted by atomic mass is 10.1. The van der Waals surface area contributed by atoms with Crippen LogP contribution in [0, 0.1) is 20.8 Å². The Morgan fingerprint density at radius 2 is 1.78 bits per heavy atom. The highest BCUT2D eigenvalue weighted by Gasteiger charge is 2.19. The Kier molecular flexibility index (Phi) is 5.61. The molecule has 1 N–H and O–H groups in total. The van der Waals surface area contributed by atoms with Gasteiger partial charge in [0.15, 0.2) is 5.69 Å². The SMILES string of the molecule is CCCOc1nc2cc(C)c(C)cc2nc1C(=O)Nc1cccc(Cl)c1C. The molecule has 3 aromatic rings. The number of hydrogen-bond donors (Lipinski definition) is 1. The molecule has 1 heterocycles. The maximum absolute atomic E-state index is 12.9. The largest absolute Gasteiger partial charge is 0.476 e. The maximum atomic E-state index is 12.9. The molecule has 0 saturated carbocycles. The van der Waals surface area contributed by atoms with E-state index in [1.165, 1.54) is 0 Å². The molecule has 27 heavy (non-hydrogen) atoms. The van der Waals surface area contributed by atoms with Crippen molar-refractivity contribution >= 4 is 34.2 Å². The first-order valence-electron chi connectivity index (χ1n) is 8.89. The third-order valence-electron chi connectivity index (χ3n) is 4.42. The van der Waals surface area contributed by atoms with Gasteiger partial charge in [-0.25, -0.2) is 9.97 Å². The summed E-state index contributed by atoms with van der Waals surface area (Å²) in [7, 11) is 0. The highest BCUT2D eigenvalue weighted by atomic mass is 35.5. The summed E-state index contributed by atoms with van der Waals surface area (Å²) in [5, 5.41) is 3.46. The molecular formula is C21H22ClN3O2. The van der Waals surface area contributed by atoms with Gasteiger partial charge in [-0.15, -0.1) is 0 Å². The Hall–Kier alpha value is -2.66. The molecule has 0 saturated heterocycles. The van der Waals surface area contributed by atoms with E-state index in [9.17, 15) is 4.79 Å². The monoisotopic (exact) mass is 383 g/mol. The van der Waals surface area contributed by atoms with Crippen molar-refractivity contribution in [2.45, 2.75) is 34.1 Å². The summed E-state index contributed by atoms with van der Waals surface area (Å²) in [5.74, 6) is -0.135. The molecule has 1 aromatic heterocycles. The normalized spacial score (nSPS) is 10.9. The van der Waals surface area contributed by atoms with Crippen LogP contribution in [0.2, 0.25) is 5.02 Å². The predicted molar refractivity (Wildman–Crippen MR) is 109 cm³/mol. The summed E-state index contributed by atoms with van der Waals surface area (Å²) >= 11 is 6.15. The number of hydrogen-bond acceptors (Lipinski definition) is 4. The highest BCUT2D eigenvalue weighted by molar-refractivity contribution is 6.31. The lowest BCUT2D eigenvalue weighted by Gasteiger charge is -2.13.